The van der Waals surface area contributed by atoms with Crippen LogP contribution in [0.15, 0.2) is 36.7 Å². The fraction of sp³-hybridized carbons (Fsp3) is 0.435. The molecule has 1 aliphatic rings. The Kier molecular flexibility index (Phi) is 6.67. The van der Waals surface area contributed by atoms with Crippen molar-refractivity contribution in [1.82, 2.24) is 20.0 Å². The minimum atomic E-state index is -0.0748. The Morgan fingerprint density at radius 2 is 2.13 bits per heavy atom. The summed E-state index contributed by atoms with van der Waals surface area (Å²) in [5, 5.41) is 8.21. The highest BCUT2D eigenvalue weighted by atomic mass is 32.1. The van der Waals surface area contributed by atoms with Crippen LogP contribution >= 0.6 is 11.3 Å². The van der Waals surface area contributed by atoms with Crippen molar-refractivity contribution in [3.8, 4) is 0 Å². The highest BCUT2D eigenvalue weighted by molar-refractivity contribution is 7.21. The monoisotopic (exact) mass is 440 g/mol. The lowest BCUT2D eigenvalue weighted by Crippen LogP contribution is -2.45. The van der Waals surface area contributed by atoms with Gasteiger partial charge < -0.3 is 15.0 Å². The van der Waals surface area contributed by atoms with Gasteiger partial charge in [-0.3, -0.25) is 14.3 Å². The van der Waals surface area contributed by atoms with Gasteiger partial charge in [0.05, 0.1) is 23.2 Å². The molecule has 0 aliphatic carbocycles. The molecule has 1 saturated heterocycles. The molecule has 0 saturated carbocycles. The van der Waals surface area contributed by atoms with E-state index in [4.69, 9.17) is 4.74 Å². The maximum atomic E-state index is 13.2. The lowest BCUT2D eigenvalue weighted by Gasteiger charge is -2.36. The summed E-state index contributed by atoms with van der Waals surface area (Å²) in [5.74, 6) is -0.0578. The summed E-state index contributed by atoms with van der Waals surface area (Å²) in [7, 11) is 3.43. The first kappa shape index (κ1) is 21.5. The number of likely N-dealkylation sites (tertiary alicyclic amines) is 1. The molecule has 1 fully saturated rings. The lowest BCUT2D eigenvalue weighted by atomic mass is 9.93. The van der Waals surface area contributed by atoms with Crippen LogP contribution in [-0.4, -0.2) is 59.3 Å². The van der Waals surface area contributed by atoms with Gasteiger partial charge in [0.15, 0.2) is 0 Å². The van der Waals surface area contributed by atoms with Crippen LogP contribution in [0.25, 0.3) is 10.1 Å². The van der Waals surface area contributed by atoms with Crippen molar-refractivity contribution in [3.63, 3.8) is 0 Å². The first-order chi connectivity index (χ1) is 15.1. The zero-order valence-corrected chi connectivity index (χ0v) is 18.8. The van der Waals surface area contributed by atoms with E-state index in [0.29, 0.717) is 25.1 Å². The summed E-state index contributed by atoms with van der Waals surface area (Å²) in [4.78, 5) is 28.8. The number of nitrogens with one attached hydrogen (secondary N) is 1. The number of thiophene rings is 1. The second-order valence-electron chi connectivity index (χ2n) is 7.91. The number of aromatic nitrogens is 2. The van der Waals surface area contributed by atoms with Crippen molar-refractivity contribution in [3.05, 3.63) is 52.7 Å². The highest BCUT2D eigenvalue weighted by Gasteiger charge is 2.30. The average molecular weight is 441 g/mol. The fourth-order valence-corrected chi connectivity index (χ4v) is 5.39. The summed E-state index contributed by atoms with van der Waals surface area (Å²) in [6, 6.07) is 8.18. The first-order valence-corrected chi connectivity index (χ1v) is 11.5. The van der Waals surface area contributed by atoms with Crippen molar-refractivity contribution in [2.45, 2.75) is 31.7 Å². The number of benzene rings is 1. The summed E-state index contributed by atoms with van der Waals surface area (Å²) in [6.45, 7) is 1.68. The van der Waals surface area contributed by atoms with E-state index < -0.39 is 0 Å². The van der Waals surface area contributed by atoms with Crippen molar-refractivity contribution < 1.29 is 14.3 Å². The Bertz CT molecular complexity index is 1070. The van der Waals surface area contributed by atoms with Crippen LogP contribution in [0.3, 0.4) is 0 Å². The third-order valence-electron chi connectivity index (χ3n) is 5.78. The van der Waals surface area contributed by atoms with E-state index in [0.717, 1.165) is 46.3 Å². The topological polar surface area (TPSA) is 76.5 Å². The Hall–Kier alpha value is -2.71. The molecule has 0 spiro atoms. The Balaban J connectivity index is 1.63. The predicted molar refractivity (Wildman–Crippen MR) is 122 cm³/mol. The molecule has 1 unspecified atom stereocenters. The molecule has 1 aromatic carbocycles. The number of hydrogen-bond acceptors (Lipinski definition) is 5. The summed E-state index contributed by atoms with van der Waals surface area (Å²) < 4.78 is 7.81. The van der Waals surface area contributed by atoms with Crippen LogP contribution in [0, 0.1) is 0 Å². The van der Waals surface area contributed by atoms with Crippen LogP contribution in [0.1, 0.15) is 44.9 Å². The molecule has 1 aliphatic heterocycles. The second kappa shape index (κ2) is 9.62. The van der Waals surface area contributed by atoms with Gasteiger partial charge in [-0.25, -0.2) is 0 Å². The van der Waals surface area contributed by atoms with Gasteiger partial charge in [-0.2, -0.15) is 5.10 Å². The zero-order valence-electron chi connectivity index (χ0n) is 18.0. The van der Waals surface area contributed by atoms with Gasteiger partial charge in [-0.05, 0) is 42.7 Å². The fourth-order valence-electron chi connectivity index (χ4n) is 4.25. The molecule has 2 amide bonds. The van der Waals surface area contributed by atoms with Gasteiger partial charge in [-0.1, -0.05) is 18.2 Å². The molecule has 1 atom stereocenters. The average Bonchev–Trinajstić information content (AvgIpc) is 3.38. The molecule has 8 heteroatoms. The molecule has 1 N–H and O–H groups in total. The number of hydrogen-bond donors (Lipinski definition) is 1. The van der Waals surface area contributed by atoms with Gasteiger partial charge in [0.2, 0.25) is 0 Å². The van der Waals surface area contributed by atoms with Crippen molar-refractivity contribution >= 4 is 33.2 Å². The molecule has 4 rings (SSSR count). The Morgan fingerprint density at radius 1 is 1.29 bits per heavy atom. The van der Waals surface area contributed by atoms with Crippen molar-refractivity contribution in [2.24, 2.45) is 7.05 Å². The largest absolute Gasteiger partial charge is 0.383 e. The maximum Gasteiger partial charge on any atom is 0.261 e. The van der Waals surface area contributed by atoms with E-state index in [2.05, 4.69) is 22.5 Å². The van der Waals surface area contributed by atoms with Gasteiger partial charge in [-0.15, -0.1) is 11.3 Å². The molecule has 31 heavy (non-hydrogen) atoms. The number of amides is 2. The normalized spacial score (nSPS) is 16.6. The third-order valence-corrected chi connectivity index (χ3v) is 6.99. The second-order valence-corrected chi connectivity index (χ2v) is 8.96. The quantitative estimate of drug-likeness (QED) is 0.572. The molecular formula is C23H28N4O3S. The number of carbonyl (C=O) groups is 2. The van der Waals surface area contributed by atoms with Crippen molar-refractivity contribution in [2.75, 3.05) is 26.8 Å². The van der Waals surface area contributed by atoms with E-state index in [1.807, 2.05) is 24.1 Å². The van der Waals surface area contributed by atoms with Gasteiger partial charge in [0.25, 0.3) is 11.8 Å². The number of rotatable bonds is 7. The number of ether oxygens (including phenoxy) is 1. The molecule has 0 radical (unpaired) electrons. The molecule has 7 nitrogen and oxygen atoms in total. The third kappa shape index (κ3) is 4.65. The molecule has 2 aromatic heterocycles. The number of piperidine rings is 1. The van der Waals surface area contributed by atoms with Gasteiger partial charge >= 0.3 is 0 Å². The van der Waals surface area contributed by atoms with E-state index in [1.165, 1.54) is 11.3 Å². The molecule has 3 heterocycles. The van der Waals surface area contributed by atoms with Gasteiger partial charge in [0, 0.05) is 44.2 Å². The van der Waals surface area contributed by atoms with Crippen molar-refractivity contribution in [1.29, 1.82) is 0 Å². The lowest BCUT2D eigenvalue weighted by molar-refractivity contribution is 0.0614. The van der Waals surface area contributed by atoms with Crippen LogP contribution in [0.2, 0.25) is 0 Å². The number of methoxy groups -OCH3 is 1. The maximum absolute atomic E-state index is 13.2. The Morgan fingerprint density at radius 3 is 2.90 bits per heavy atom. The van der Waals surface area contributed by atoms with Crippen LogP contribution in [-0.2, 0) is 18.2 Å². The molecule has 3 aromatic rings. The molecule has 0 bridgehead atoms. The minimum Gasteiger partial charge on any atom is -0.383 e. The number of carbonyl (C=O) groups excluding carboxylic acids is 2. The van der Waals surface area contributed by atoms with E-state index in [-0.39, 0.29) is 17.9 Å². The smallest absolute Gasteiger partial charge is 0.261 e. The predicted octanol–water partition coefficient (Wildman–Crippen LogP) is 3.25. The number of nitrogens with zero attached hydrogens (tertiary/aromatic N) is 3. The summed E-state index contributed by atoms with van der Waals surface area (Å²) in [5.41, 5.74) is 1.65. The van der Waals surface area contributed by atoms with Crippen LogP contribution in [0.4, 0.5) is 0 Å². The number of fused-ring (bicyclic) bond motifs is 1. The van der Waals surface area contributed by atoms with Gasteiger partial charge in [0.1, 0.15) is 0 Å². The summed E-state index contributed by atoms with van der Waals surface area (Å²) in [6.07, 6.45) is 7.07. The van der Waals surface area contributed by atoms with E-state index in [1.54, 1.807) is 24.2 Å². The van der Waals surface area contributed by atoms with E-state index >= 15 is 0 Å². The standard InChI is InChI=1S/C23H28N4O3S/c1-26-15-16(14-25-26)23(29)27-11-6-5-7-17(27)13-19-18-8-3-4-9-20(18)31-21(19)22(28)24-10-12-30-2/h3-4,8-9,14-15,17H,5-7,10-13H2,1-2H3,(H,24,28). The molecular weight excluding hydrogens is 412 g/mol. The highest BCUT2D eigenvalue weighted by Crippen LogP contribution is 2.34. The molecule has 164 valence electrons. The number of aryl methyl sites for hydroxylation is 1. The first-order valence-electron chi connectivity index (χ1n) is 10.7. The van der Waals surface area contributed by atoms with Crippen LogP contribution < -0.4 is 5.32 Å². The minimum absolute atomic E-state index is 0.0171. The van der Waals surface area contributed by atoms with E-state index in [9.17, 15) is 9.59 Å². The van der Waals surface area contributed by atoms with Crippen LogP contribution in [0.5, 0.6) is 0 Å². The zero-order chi connectivity index (χ0) is 21.8. The summed E-state index contributed by atoms with van der Waals surface area (Å²) >= 11 is 1.52. The SMILES string of the molecule is COCCNC(=O)c1sc2ccccc2c1CC1CCCCN1C(=O)c1cnn(C)c1. The Labute approximate surface area is 186 Å².